The van der Waals surface area contributed by atoms with Crippen LogP contribution in [-0.4, -0.2) is 24.5 Å². The molecule has 1 fully saturated rings. The third kappa shape index (κ3) is 5.47. The molecule has 1 aliphatic rings. The summed E-state index contributed by atoms with van der Waals surface area (Å²) in [6, 6.07) is 7.36. The van der Waals surface area contributed by atoms with Crippen LogP contribution >= 0.6 is 11.6 Å². The van der Waals surface area contributed by atoms with Crippen molar-refractivity contribution < 1.29 is 14.3 Å². The number of hydrogen-bond donors (Lipinski definition) is 1. The average Bonchev–Trinajstić information content (AvgIpc) is 2.59. The van der Waals surface area contributed by atoms with Crippen LogP contribution in [0.1, 0.15) is 58.4 Å². The molecular formula is C21H30ClNO3. The maximum atomic E-state index is 12.5. The van der Waals surface area contributed by atoms with Crippen LogP contribution in [0, 0.1) is 17.8 Å². The van der Waals surface area contributed by atoms with E-state index in [4.69, 9.17) is 16.3 Å². The van der Waals surface area contributed by atoms with Gasteiger partial charge in [-0.15, -0.1) is 0 Å². The predicted octanol–water partition coefficient (Wildman–Crippen LogP) is 4.56. The molecule has 0 bridgehead atoms. The van der Waals surface area contributed by atoms with E-state index in [1.807, 2.05) is 26.0 Å². The number of ether oxygens (including phenoxy) is 1. The van der Waals surface area contributed by atoms with E-state index < -0.39 is 5.92 Å². The quantitative estimate of drug-likeness (QED) is 0.737. The van der Waals surface area contributed by atoms with Crippen LogP contribution in [0.15, 0.2) is 24.3 Å². The first kappa shape index (κ1) is 20.8. The summed E-state index contributed by atoms with van der Waals surface area (Å²) in [5.74, 6) is 0.109. The molecule has 0 saturated heterocycles. The van der Waals surface area contributed by atoms with Gasteiger partial charge in [0, 0.05) is 11.1 Å². The van der Waals surface area contributed by atoms with Gasteiger partial charge in [-0.05, 0) is 41.9 Å². The van der Waals surface area contributed by atoms with Crippen LogP contribution in [0.4, 0.5) is 0 Å². The van der Waals surface area contributed by atoms with E-state index in [0.717, 1.165) is 18.4 Å². The van der Waals surface area contributed by atoms with Gasteiger partial charge in [-0.3, -0.25) is 9.59 Å². The predicted molar refractivity (Wildman–Crippen MR) is 104 cm³/mol. The number of rotatable bonds is 6. The molecule has 1 aromatic rings. The van der Waals surface area contributed by atoms with E-state index >= 15 is 0 Å². The van der Waals surface area contributed by atoms with Crippen molar-refractivity contribution >= 4 is 23.5 Å². The summed E-state index contributed by atoms with van der Waals surface area (Å²) in [5, 5.41) is 3.66. The van der Waals surface area contributed by atoms with Crippen LogP contribution in [-0.2, 0) is 14.3 Å². The van der Waals surface area contributed by atoms with Crippen molar-refractivity contribution in [3.05, 3.63) is 34.9 Å². The lowest BCUT2D eigenvalue weighted by molar-refractivity contribution is -0.151. The molecule has 1 aliphatic carbocycles. The maximum Gasteiger partial charge on any atom is 0.314 e. The minimum Gasteiger partial charge on any atom is -0.455 e. The first-order valence-electron chi connectivity index (χ1n) is 9.51. The van der Waals surface area contributed by atoms with Crippen LogP contribution in [0.25, 0.3) is 0 Å². The monoisotopic (exact) mass is 379 g/mol. The molecule has 0 spiro atoms. The minimum atomic E-state index is -0.409. The van der Waals surface area contributed by atoms with Crippen LogP contribution in [0.3, 0.4) is 0 Å². The van der Waals surface area contributed by atoms with Gasteiger partial charge < -0.3 is 10.1 Å². The second kappa shape index (κ2) is 9.40. The molecule has 26 heavy (non-hydrogen) atoms. The summed E-state index contributed by atoms with van der Waals surface area (Å²) >= 11 is 5.92. The highest BCUT2D eigenvalue weighted by atomic mass is 35.5. The van der Waals surface area contributed by atoms with Gasteiger partial charge in [0.1, 0.15) is 0 Å². The third-order valence-corrected chi connectivity index (χ3v) is 5.80. The molecular weight excluding hydrogens is 350 g/mol. The van der Waals surface area contributed by atoms with Gasteiger partial charge in [-0.1, -0.05) is 64.3 Å². The fourth-order valence-corrected chi connectivity index (χ4v) is 3.85. The lowest BCUT2D eigenvalue weighted by Crippen LogP contribution is -2.45. The van der Waals surface area contributed by atoms with E-state index in [0.29, 0.717) is 16.9 Å². The van der Waals surface area contributed by atoms with Crippen molar-refractivity contribution in [1.29, 1.82) is 0 Å². The number of nitrogens with one attached hydrogen (secondary N) is 1. The molecule has 0 aliphatic heterocycles. The van der Waals surface area contributed by atoms with E-state index in [9.17, 15) is 9.59 Å². The Balaban J connectivity index is 1.91. The fourth-order valence-electron chi connectivity index (χ4n) is 3.72. The molecule has 2 rings (SSSR count). The highest BCUT2D eigenvalue weighted by molar-refractivity contribution is 6.30. The smallest absolute Gasteiger partial charge is 0.314 e. The lowest BCUT2D eigenvalue weighted by atomic mass is 9.78. The van der Waals surface area contributed by atoms with Crippen molar-refractivity contribution in [2.75, 3.05) is 6.61 Å². The Hall–Kier alpha value is -1.55. The molecule has 0 aromatic heterocycles. The van der Waals surface area contributed by atoms with Crippen LogP contribution in [0.5, 0.6) is 0 Å². The largest absolute Gasteiger partial charge is 0.455 e. The van der Waals surface area contributed by atoms with E-state index in [1.54, 1.807) is 12.1 Å². The van der Waals surface area contributed by atoms with Crippen molar-refractivity contribution in [2.24, 2.45) is 17.8 Å². The molecule has 4 nitrogen and oxygen atoms in total. The van der Waals surface area contributed by atoms with Gasteiger partial charge in [0.25, 0.3) is 5.91 Å². The molecule has 0 unspecified atom stereocenters. The van der Waals surface area contributed by atoms with Gasteiger partial charge in [0.05, 0.1) is 5.92 Å². The number of hydrogen-bond acceptors (Lipinski definition) is 3. The summed E-state index contributed by atoms with van der Waals surface area (Å²) in [4.78, 5) is 24.8. The van der Waals surface area contributed by atoms with E-state index in [2.05, 4.69) is 19.2 Å². The molecule has 1 saturated carbocycles. The summed E-state index contributed by atoms with van der Waals surface area (Å²) < 4.78 is 5.33. The zero-order valence-electron chi connectivity index (χ0n) is 16.1. The Morgan fingerprint density at radius 2 is 1.85 bits per heavy atom. The highest BCUT2D eigenvalue weighted by Gasteiger charge is 2.29. The Bertz CT molecular complexity index is 614. The minimum absolute atomic E-state index is 0.0611. The molecule has 0 heterocycles. The first-order chi connectivity index (χ1) is 12.3. The summed E-state index contributed by atoms with van der Waals surface area (Å²) in [6.45, 7) is 8.10. The number of carbonyl (C=O) groups is 2. The van der Waals surface area contributed by atoms with Crippen molar-refractivity contribution in [2.45, 2.75) is 58.9 Å². The second-order valence-corrected chi connectivity index (χ2v) is 8.26. The first-order valence-corrected chi connectivity index (χ1v) is 9.88. The number of halogens is 1. The zero-order chi connectivity index (χ0) is 19.3. The summed E-state index contributed by atoms with van der Waals surface area (Å²) in [5.41, 5.74) is 0.851. The third-order valence-electron chi connectivity index (χ3n) is 5.55. The van der Waals surface area contributed by atoms with Gasteiger partial charge in [0.2, 0.25) is 0 Å². The topological polar surface area (TPSA) is 55.4 Å². The highest BCUT2D eigenvalue weighted by Crippen LogP contribution is 2.30. The van der Waals surface area contributed by atoms with Crippen LogP contribution in [0.2, 0.25) is 5.02 Å². The Morgan fingerprint density at radius 3 is 2.46 bits per heavy atom. The van der Waals surface area contributed by atoms with Gasteiger partial charge >= 0.3 is 5.97 Å². The van der Waals surface area contributed by atoms with Crippen molar-refractivity contribution in [1.82, 2.24) is 5.32 Å². The maximum absolute atomic E-state index is 12.5. The zero-order valence-corrected chi connectivity index (χ0v) is 16.9. The molecule has 4 atom stereocenters. The molecule has 144 valence electrons. The van der Waals surface area contributed by atoms with Crippen molar-refractivity contribution in [3.63, 3.8) is 0 Å². The Labute approximate surface area is 161 Å². The Morgan fingerprint density at radius 1 is 1.19 bits per heavy atom. The second-order valence-electron chi connectivity index (χ2n) is 7.82. The molecule has 5 heteroatoms. The Kier molecular flexibility index (Phi) is 7.51. The molecule has 1 amide bonds. The van der Waals surface area contributed by atoms with E-state index in [-0.39, 0.29) is 30.4 Å². The number of benzene rings is 1. The van der Waals surface area contributed by atoms with Gasteiger partial charge in [0.15, 0.2) is 6.61 Å². The number of carbonyl (C=O) groups excluding carboxylic acids is 2. The molecule has 1 N–H and O–H groups in total. The molecule has 0 radical (unpaired) electrons. The van der Waals surface area contributed by atoms with E-state index in [1.165, 1.54) is 6.42 Å². The SMILES string of the molecule is CC(C)[C@@H](C(=O)OCC(=O)N[C@@H]1CCC[C@H](C)[C@H]1C)c1ccc(Cl)cc1. The fraction of sp³-hybridized carbons (Fsp3) is 0.619. The number of esters is 1. The van der Waals surface area contributed by atoms with Gasteiger partial charge in [-0.2, -0.15) is 0 Å². The summed E-state index contributed by atoms with van der Waals surface area (Å²) in [6.07, 6.45) is 3.33. The lowest BCUT2D eigenvalue weighted by Gasteiger charge is -2.34. The molecule has 1 aromatic carbocycles. The average molecular weight is 380 g/mol. The number of amides is 1. The van der Waals surface area contributed by atoms with Crippen LogP contribution < -0.4 is 5.32 Å². The normalized spacial score (nSPS) is 24.2. The summed E-state index contributed by atoms with van der Waals surface area (Å²) in [7, 11) is 0. The van der Waals surface area contributed by atoms with Crippen molar-refractivity contribution in [3.8, 4) is 0 Å². The van der Waals surface area contributed by atoms with Gasteiger partial charge in [-0.25, -0.2) is 0 Å². The standard InChI is InChI=1S/C21H30ClNO3/c1-13(2)20(16-8-10-17(22)11-9-16)21(25)26-12-19(24)23-18-7-5-6-14(3)15(18)4/h8-11,13-15,18,20H,5-7,12H2,1-4H3,(H,23,24)/t14-,15+,18+,20+/m0/s1.